The van der Waals surface area contributed by atoms with Crippen LogP contribution in [0.4, 0.5) is 4.79 Å². The van der Waals surface area contributed by atoms with Crippen LogP contribution in [0.15, 0.2) is 18.2 Å². The lowest BCUT2D eigenvalue weighted by Crippen LogP contribution is -2.45. The topological polar surface area (TPSA) is 120 Å². The fourth-order valence-electron chi connectivity index (χ4n) is 2.69. The van der Waals surface area contributed by atoms with E-state index >= 15 is 0 Å². The quantitative estimate of drug-likeness (QED) is 0.353. The van der Waals surface area contributed by atoms with Crippen LogP contribution in [-0.2, 0) is 0 Å². The first-order valence-corrected chi connectivity index (χ1v) is 9.02. The highest BCUT2D eigenvalue weighted by Gasteiger charge is 2.15. The number of likely N-dealkylation sites (N-methyl/N-ethyl adjacent to an activating group) is 1. The lowest BCUT2D eigenvalue weighted by atomic mass is 10.1. The number of amides is 2. The molecule has 0 atom stereocenters. The van der Waals surface area contributed by atoms with Gasteiger partial charge in [-0.15, -0.1) is 0 Å². The molecule has 2 amide bonds. The van der Waals surface area contributed by atoms with Gasteiger partial charge in [-0.3, -0.25) is 10.1 Å². The second-order valence-electron chi connectivity index (χ2n) is 6.52. The molecule has 1 aromatic rings. The Morgan fingerprint density at radius 1 is 1.29 bits per heavy atom. The molecule has 152 valence electrons. The number of primary amides is 1. The van der Waals surface area contributed by atoms with E-state index in [2.05, 4.69) is 28.7 Å². The summed E-state index contributed by atoms with van der Waals surface area (Å²) in [4.78, 5) is 26.8. The minimum Gasteiger partial charge on any atom is -0.491 e. The number of carbonyl (C=O) groups excluding carboxylic acids is 1. The molecule has 0 saturated carbocycles. The van der Waals surface area contributed by atoms with Crippen LogP contribution in [0, 0.1) is 11.8 Å². The largest absolute Gasteiger partial charge is 0.491 e. The van der Waals surface area contributed by atoms with Gasteiger partial charge < -0.3 is 20.5 Å². The highest BCUT2D eigenvalue weighted by Crippen LogP contribution is 2.20. The van der Waals surface area contributed by atoms with Crippen molar-refractivity contribution in [1.29, 1.82) is 0 Å². The molecule has 0 radical (unpaired) electrons. The van der Waals surface area contributed by atoms with E-state index in [0.29, 0.717) is 23.0 Å². The maximum absolute atomic E-state index is 11.5. The standard InChI is InChI=1S/C19H26N4O5/c1-21-8-10-22(11-9-21)12-13-28-17-6-5-15(14-16(17)18(24)25)4-2-3-7-23(27)19(20)26/h5-6,14,27H,3,7-13H2,1H3,(H2,20,26)(H,24,25). The molecule has 9 heteroatoms. The molecule has 4 N–H and O–H groups in total. The smallest absolute Gasteiger partial charge is 0.339 e. The van der Waals surface area contributed by atoms with Crippen LogP contribution in [0.1, 0.15) is 22.3 Å². The van der Waals surface area contributed by atoms with Gasteiger partial charge in [0.2, 0.25) is 0 Å². The van der Waals surface area contributed by atoms with E-state index in [0.717, 1.165) is 32.7 Å². The first-order chi connectivity index (χ1) is 13.4. The zero-order chi connectivity index (χ0) is 20.5. The number of nitrogens with two attached hydrogens (primary N) is 1. The van der Waals surface area contributed by atoms with E-state index < -0.39 is 12.0 Å². The lowest BCUT2D eigenvalue weighted by Gasteiger charge is -2.32. The molecule has 0 bridgehead atoms. The summed E-state index contributed by atoms with van der Waals surface area (Å²) < 4.78 is 5.69. The van der Waals surface area contributed by atoms with Crippen molar-refractivity contribution in [2.24, 2.45) is 5.73 Å². The molecule has 1 aromatic carbocycles. The minimum absolute atomic E-state index is 0.0262. The van der Waals surface area contributed by atoms with Crippen molar-refractivity contribution in [3.63, 3.8) is 0 Å². The normalized spacial score (nSPS) is 14.8. The number of piperazine rings is 1. The molecule has 0 aliphatic carbocycles. The predicted octanol–water partition coefficient (Wildman–Crippen LogP) is 0.523. The van der Waals surface area contributed by atoms with E-state index in [1.54, 1.807) is 12.1 Å². The van der Waals surface area contributed by atoms with Crippen LogP contribution < -0.4 is 10.5 Å². The monoisotopic (exact) mass is 390 g/mol. The van der Waals surface area contributed by atoms with Gasteiger partial charge in [0.25, 0.3) is 0 Å². The number of benzene rings is 1. The number of urea groups is 1. The zero-order valence-electron chi connectivity index (χ0n) is 15.9. The SMILES string of the molecule is CN1CCN(CCOc2ccc(C#CCCN(O)C(N)=O)cc2C(=O)O)CC1. The Hall–Kier alpha value is -2.80. The average Bonchev–Trinajstić information content (AvgIpc) is 2.67. The van der Waals surface area contributed by atoms with Crippen LogP contribution in [-0.4, -0.2) is 90.1 Å². The lowest BCUT2D eigenvalue weighted by molar-refractivity contribution is -0.0372. The van der Waals surface area contributed by atoms with Crippen LogP contribution in [0.2, 0.25) is 0 Å². The van der Waals surface area contributed by atoms with E-state index in [1.807, 2.05) is 0 Å². The third-order valence-electron chi connectivity index (χ3n) is 4.41. The van der Waals surface area contributed by atoms with E-state index in [4.69, 9.17) is 15.7 Å². The number of hydrogen-bond donors (Lipinski definition) is 3. The number of aromatic carboxylic acids is 1. The first kappa shape index (κ1) is 21.5. The molecule has 1 fully saturated rings. The van der Waals surface area contributed by atoms with Gasteiger partial charge in [-0.05, 0) is 25.2 Å². The molecule has 9 nitrogen and oxygen atoms in total. The number of ether oxygens (including phenoxy) is 1. The maximum atomic E-state index is 11.5. The molecule has 1 aliphatic heterocycles. The third kappa shape index (κ3) is 6.74. The molecule has 0 spiro atoms. The van der Waals surface area contributed by atoms with Crippen LogP contribution in [0.25, 0.3) is 0 Å². The molecule has 1 saturated heterocycles. The Bertz CT molecular complexity index is 750. The number of carboxylic acids is 1. The summed E-state index contributed by atoms with van der Waals surface area (Å²) in [6.45, 7) is 5.10. The number of hydrogen-bond acceptors (Lipinski definition) is 6. The summed E-state index contributed by atoms with van der Waals surface area (Å²) >= 11 is 0. The van der Waals surface area contributed by atoms with E-state index in [1.165, 1.54) is 6.07 Å². The molecule has 28 heavy (non-hydrogen) atoms. The van der Waals surface area contributed by atoms with Crippen LogP contribution in [0.5, 0.6) is 5.75 Å². The zero-order valence-corrected chi connectivity index (χ0v) is 15.9. The van der Waals surface area contributed by atoms with Crippen molar-refractivity contribution < 1.29 is 24.6 Å². The van der Waals surface area contributed by atoms with Gasteiger partial charge in [-0.25, -0.2) is 14.7 Å². The van der Waals surface area contributed by atoms with Crippen molar-refractivity contribution >= 4 is 12.0 Å². The van der Waals surface area contributed by atoms with Crippen LogP contribution in [0.3, 0.4) is 0 Å². The van der Waals surface area contributed by atoms with Crippen molar-refractivity contribution in [3.8, 4) is 17.6 Å². The summed E-state index contributed by atoms with van der Waals surface area (Å²) in [6.07, 6.45) is 0.200. The van der Waals surface area contributed by atoms with Gasteiger partial charge in [0, 0.05) is 44.7 Å². The summed E-state index contributed by atoms with van der Waals surface area (Å²) in [5, 5.41) is 19.0. The van der Waals surface area contributed by atoms with Gasteiger partial charge in [0.05, 0.1) is 6.54 Å². The average molecular weight is 390 g/mol. The molecule has 1 aliphatic rings. The van der Waals surface area contributed by atoms with Crippen molar-refractivity contribution in [1.82, 2.24) is 14.9 Å². The Kier molecular flexibility index (Phi) is 8.07. The second-order valence-corrected chi connectivity index (χ2v) is 6.52. The third-order valence-corrected chi connectivity index (χ3v) is 4.41. The van der Waals surface area contributed by atoms with E-state index in [9.17, 15) is 14.7 Å². The highest BCUT2D eigenvalue weighted by atomic mass is 16.5. The molecule has 1 heterocycles. The van der Waals surface area contributed by atoms with Crippen molar-refractivity contribution in [2.75, 3.05) is 52.9 Å². The number of carbonyl (C=O) groups is 2. The fourth-order valence-corrected chi connectivity index (χ4v) is 2.69. The Balaban J connectivity index is 1.91. The van der Waals surface area contributed by atoms with Gasteiger partial charge in [0.1, 0.15) is 17.9 Å². The number of nitrogens with zero attached hydrogens (tertiary/aromatic N) is 3. The Labute approximate surface area is 164 Å². The Morgan fingerprint density at radius 3 is 2.64 bits per heavy atom. The molecule has 0 aromatic heterocycles. The summed E-state index contributed by atoms with van der Waals surface area (Å²) in [7, 11) is 2.09. The highest BCUT2D eigenvalue weighted by molar-refractivity contribution is 5.91. The predicted molar refractivity (Wildman–Crippen MR) is 102 cm³/mol. The minimum atomic E-state index is -1.09. The summed E-state index contributed by atoms with van der Waals surface area (Å²) in [6, 6.07) is 3.77. The summed E-state index contributed by atoms with van der Waals surface area (Å²) in [5.74, 6) is 4.78. The number of carboxylic acid groups (broad SMARTS) is 1. The van der Waals surface area contributed by atoms with Crippen LogP contribution >= 0.6 is 0 Å². The maximum Gasteiger partial charge on any atom is 0.339 e. The Morgan fingerprint density at radius 2 is 2.00 bits per heavy atom. The van der Waals surface area contributed by atoms with Crippen molar-refractivity contribution in [3.05, 3.63) is 29.3 Å². The number of hydroxylamine groups is 2. The molecule has 2 rings (SSSR count). The molecule has 0 unspecified atom stereocenters. The van der Waals surface area contributed by atoms with E-state index in [-0.39, 0.29) is 18.5 Å². The summed E-state index contributed by atoms with van der Waals surface area (Å²) in [5.41, 5.74) is 5.45. The van der Waals surface area contributed by atoms with Gasteiger partial charge in [-0.1, -0.05) is 11.8 Å². The first-order valence-electron chi connectivity index (χ1n) is 9.02. The molecular formula is C19H26N4O5. The van der Waals surface area contributed by atoms with Gasteiger partial charge in [0.15, 0.2) is 0 Å². The van der Waals surface area contributed by atoms with Gasteiger partial charge in [-0.2, -0.15) is 0 Å². The van der Waals surface area contributed by atoms with Crippen molar-refractivity contribution in [2.45, 2.75) is 6.42 Å². The van der Waals surface area contributed by atoms with Gasteiger partial charge >= 0.3 is 12.0 Å². The fraction of sp³-hybridized carbons (Fsp3) is 0.474. The second kappa shape index (κ2) is 10.5. The molecular weight excluding hydrogens is 364 g/mol. The number of rotatable bonds is 7.